The van der Waals surface area contributed by atoms with Crippen LogP contribution < -0.4 is 0 Å². The third kappa shape index (κ3) is 2.07. The van der Waals surface area contributed by atoms with E-state index in [1.165, 1.54) is 17.1 Å². The summed E-state index contributed by atoms with van der Waals surface area (Å²) in [5.41, 5.74) is 0.222. The first-order chi connectivity index (χ1) is 6.47. The molecule has 0 saturated heterocycles. The molecule has 0 amide bonds. The fourth-order valence-electron chi connectivity index (χ4n) is 1.08. The summed E-state index contributed by atoms with van der Waals surface area (Å²) in [6.07, 6.45) is 1.82. The Balaban J connectivity index is 2.83. The number of halogens is 2. The molecular weight excluding hydrogens is 194 g/mol. The molecule has 78 valence electrons. The molecule has 0 aliphatic heterocycles. The largest absolute Gasteiger partial charge is 0.477 e. The number of carboxylic acids is 1. The van der Waals surface area contributed by atoms with Crippen LogP contribution >= 0.6 is 0 Å². The number of hydrogen-bond donors (Lipinski definition) is 1. The van der Waals surface area contributed by atoms with Gasteiger partial charge in [0.15, 0.2) is 0 Å². The summed E-state index contributed by atoms with van der Waals surface area (Å²) < 4.78 is 27.1. The van der Waals surface area contributed by atoms with Crippen molar-refractivity contribution in [3.05, 3.63) is 18.2 Å². The topological polar surface area (TPSA) is 55.1 Å². The minimum Gasteiger partial charge on any atom is -0.477 e. The summed E-state index contributed by atoms with van der Waals surface area (Å²) in [7, 11) is 0. The fraction of sp³-hybridized carbons (Fsp3) is 0.500. The standard InChI is InChI=1S/C8H10F2N2O2/c1-2-12-5-11-4-6(12)3-8(9,10)7(13)14/h4-5H,2-3H2,1H3,(H,13,14). The van der Waals surface area contributed by atoms with E-state index in [-0.39, 0.29) is 5.69 Å². The monoisotopic (exact) mass is 204 g/mol. The highest BCUT2D eigenvalue weighted by Gasteiger charge is 2.39. The summed E-state index contributed by atoms with van der Waals surface area (Å²) in [5, 5.41) is 8.22. The highest BCUT2D eigenvalue weighted by Crippen LogP contribution is 2.19. The molecule has 4 nitrogen and oxygen atoms in total. The maximum absolute atomic E-state index is 12.8. The van der Waals surface area contributed by atoms with E-state index < -0.39 is 18.3 Å². The van der Waals surface area contributed by atoms with Crippen molar-refractivity contribution in [3.8, 4) is 0 Å². The quantitative estimate of drug-likeness (QED) is 0.800. The summed E-state index contributed by atoms with van der Waals surface area (Å²) in [6, 6.07) is 0. The van der Waals surface area contributed by atoms with Gasteiger partial charge in [-0.1, -0.05) is 0 Å². The lowest BCUT2D eigenvalue weighted by atomic mass is 10.2. The second kappa shape index (κ2) is 3.73. The zero-order chi connectivity index (χ0) is 10.8. The van der Waals surface area contributed by atoms with Gasteiger partial charge in [-0.3, -0.25) is 0 Å². The SMILES string of the molecule is CCn1cncc1CC(F)(F)C(=O)O. The zero-order valence-corrected chi connectivity index (χ0v) is 7.57. The normalized spacial score (nSPS) is 11.6. The van der Waals surface area contributed by atoms with Crippen LogP contribution in [-0.2, 0) is 17.8 Å². The predicted octanol–water partition coefficient (Wildman–Crippen LogP) is 1.17. The van der Waals surface area contributed by atoms with Gasteiger partial charge in [-0.05, 0) is 6.92 Å². The van der Waals surface area contributed by atoms with Crippen molar-refractivity contribution in [1.82, 2.24) is 9.55 Å². The van der Waals surface area contributed by atoms with E-state index in [9.17, 15) is 13.6 Å². The number of aromatic nitrogens is 2. The van der Waals surface area contributed by atoms with Crippen molar-refractivity contribution in [2.45, 2.75) is 25.8 Å². The number of carbonyl (C=O) groups is 1. The second-order valence-electron chi connectivity index (χ2n) is 2.86. The smallest absolute Gasteiger partial charge is 0.374 e. The predicted molar refractivity (Wildman–Crippen MR) is 44.2 cm³/mol. The maximum atomic E-state index is 12.8. The number of nitrogens with zero attached hydrogens (tertiary/aromatic N) is 2. The molecule has 0 radical (unpaired) electrons. The molecular formula is C8H10F2N2O2. The Morgan fingerprint density at radius 3 is 2.86 bits per heavy atom. The Morgan fingerprint density at radius 2 is 2.36 bits per heavy atom. The number of alkyl halides is 2. The van der Waals surface area contributed by atoms with Crippen LogP contribution in [0.4, 0.5) is 8.78 Å². The van der Waals surface area contributed by atoms with Gasteiger partial charge in [-0.15, -0.1) is 0 Å². The van der Waals surface area contributed by atoms with E-state index in [0.29, 0.717) is 6.54 Å². The van der Waals surface area contributed by atoms with E-state index >= 15 is 0 Å². The Morgan fingerprint density at radius 1 is 1.71 bits per heavy atom. The summed E-state index contributed by atoms with van der Waals surface area (Å²) in [5.74, 6) is -5.84. The molecule has 0 aliphatic carbocycles. The average molecular weight is 204 g/mol. The average Bonchev–Trinajstić information content (AvgIpc) is 2.50. The zero-order valence-electron chi connectivity index (χ0n) is 7.57. The highest BCUT2D eigenvalue weighted by atomic mass is 19.3. The molecule has 6 heteroatoms. The molecule has 1 N–H and O–H groups in total. The van der Waals surface area contributed by atoms with Gasteiger partial charge in [0, 0.05) is 18.4 Å². The maximum Gasteiger partial charge on any atom is 0.374 e. The van der Waals surface area contributed by atoms with Gasteiger partial charge in [0.1, 0.15) is 0 Å². The van der Waals surface area contributed by atoms with Crippen LogP contribution in [0.15, 0.2) is 12.5 Å². The lowest BCUT2D eigenvalue weighted by Crippen LogP contribution is -2.31. The third-order valence-electron chi connectivity index (χ3n) is 1.86. The molecule has 1 aromatic rings. The van der Waals surface area contributed by atoms with Crippen LogP contribution in [0.3, 0.4) is 0 Å². The van der Waals surface area contributed by atoms with Gasteiger partial charge in [0.2, 0.25) is 0 Å². The molecule has 1 rings (SSSR count). The van der Waals surface area contributed by atoms with E-state index in [2.05, 4.69) is 4.98 Å². The van der Waals surface area contributed by atoms with E-state index in [1.54, 1.807) is 6.92 Å². The number of rotatable bonds is 4. The third-order valence-corrected chi connectivity index (χ3v) is 1.86. The molecule has 0 aliphatic rings. The first-order valence-electron chi connectivity index (χ1n) is 4.07. The Labute approximate surface area is 79.2 Å². The number of carboxylic acid groups (broad SMARTS) is 1. The molecule has 1 heterocycles. The second-order valence-corrected chi connectivity index (χ2v) is 2.86. The van der Waals surface area contributed by atoms with Crippen LogP contribution in [0, 0.1) is 0 Å². The first-order valence-corrected chi connectivity index (χ1v) is 4.07. The van der Waals surface area contributed by atoms with Gasteiger partial charge in [-0.25, -0.2) is 9.78 Å². The Hall–Kier alpha value is -1.46. The molecule has 1 aromatic heterocycles. The summed E-state index contributed by atoms with van der Waals surface area (Å²) in [4.78, 5) is 13.8. The lowest BCUT2D eigenvalue weighted by Gasteiger charge is -2.11. The minimum absolute atomic E-state index is 0.222. The molecule has 0 bridgehead atoms. The molecule has 0 unspecified atom stereocenters. The highest BCUT2D eigenvalue weighted by molar-refractivity contribution is 5.75. The fourth-order valence-corrected chi connectivity index (χ4v) is 1.08. The number of hydrogen-bond acceptors (Lipinski definition) is 2. The van der Waals surface area contributed by atoms with Crippen molar-refractivity contribution >= 4 is 5.97 Å². The molecule has 0 spiro atoms. The number of aryl methyl sites for hydroxylation is 1. The van der Waals surface area contributed by atoms with E-state index in [4.69, 9.17) is 5.11 Å². The van der Waals surface area contributed by atoms with Crippen molar-refractivity contribution < 1.29 is 18.7 Å². The van der Waals surface area contributed by atoms with Crippen LogP contribution in [0.25, 0.3) is 0 Å². The van der Waals surface area contributed by atoms with Gasteiger partial charge < -0.3 is 9.67 Å². The van der Waals surface area contributed by atoms with Crippen LogP contribution in [-0.4, -0.2) is 26.5 Å². The first kappa shape index (κ1) is 10.6. The van der Waals surface area contributed by atoms with Crippen LogP contribution in [0.1, 0.15) is 12.6 Å². The Kier molecular flexibility index (Phi) is 2.83. The molecule has 0 saturated carbocycles. The molecule has 0 atom stereocenters. The minimum atomic E-state index is -3.73. The van der Waals surface area contributed by atoms with Crippen molar-refractivity contribution in [2.24, 2.45) is 0 Å². The van der Waals surface area contributed by atoms with Gasteiger partial charge >= 0.3 is 11.9 Å². The van der Waals surface area contributed by atoms with Gasteiger partial charge in [-0.2, -0.15) is 8.78 Å². The molecule has 0 aromatic carbocycles. The van der Waals surface area contributed by atoms with Crippen molar-refractivity contribution in [3.63, 3.8) is 0 Å². The summed E-state index contributed by atoms with van der Waals surface area (Å²) in [6.45, 7) is 2.26. The van der Waals surface area contributed by atoms with Crippen molar-refractivity contribution in [2.75, 3.05) is 0 Å². The number of aliphatic carboxylic acids is 1. The van der Waals surface area contributed by atoms with E-state index in [1.807, 2.05) is 0 Å². The van der Waals surface area contributed by atoms with Gasteiger partial charge in [0.05, 0.1) is 12.7 Å². The summed E-state index contributed by atoms with van der Waals surface area (Å²) >= 11 is 0. The lowest BCUT2D eigenvalue weighted by molar-refractivity contribution is -0.164. The molecule has 0 fully saturated rings. The van der Waals surface area contributed by atoms with Crippen molar-refractivity contribution in [1.29, 1.82) is 0 Å². The van der Waals surface area contributed by atoms with E-state index in [0.717, 1.165) is 0 Å². The Bertz CT molecular complexity index is 336. The number of imidazole rings is 1. The molecule has 14 heavy (non-hydrogen) atoms. The van der Waals surface area contributed by atoms with Gasteiger partial charge in [0.25, 0.3) is 0 Å². The van der Waals surface area contributed by atoms with Crippen LogP contribution in [0.2, 0.25) is 0 Å². The van der Waals surface area contributed by atoms with Crippen LogP contribution in [0.5, 0.6) is 0 Å².